The number of carbonyl (C=O) groups is 1. The molecular weight excluding hydrogens is 324 g/mol. The van der Waals surface area contributed by atoms with E-state index in [1.807, 2.05) is 54.6 Å². The molecule has 0 saturated carbocycles. The highest BCUT2D eigenvalue weighted by Gasteiger charge is 2.07. The second-order valence-electron chi connectivity index (χ2n) is 5.19. The molecule has 3 N–H and O–H groups in total. The van der Waals surface area contributed by atoms with Crippen LogP contribution in [0.4, 0.5) is 16.2 Å². The number of phenols is 1. The summed E-state index contributed by atoms with van der Waals surface area (Å²) in [5.74, 6) is 0.0439. The molecule has 0 heterocycles. The number of aromatic hydroxyl groups is 1. The Morgan fingerprint density at radius 3 is 2.17 bits per heavy atom. The van der Waals surface area contributed by atoms with Crippen molar-refractivity contribution in [3.05, 3.63) is 77.8 Å². The maximum atomic E-state index is 12.0. The van der Waals surface area contributed by atoms with Crippen LogP contribution in [-0.4, -0.2) is 11.1 Å². The molecule has 24 heavy (non-hydrogen) atoms. The number of halogens is 1. The van der Waals surface area contributed by atoms with E-state index in [0.717, 1.165) is 11.1 Å². The summed E-state index contributed by atoms with van der Waals surface area (Å²) in [4.78, 5) is 12.0. The number of carbonyl (C=O) groups excluding carboxylic acids is 1. The Morgan fingerprint density at radius 2 is 1.50 bits per heavy atom. The molecule has 0 bridgehead atoms. The van der Waals surface area contributed by atoms with E-state index >= 15 is 0 Å². The third kappa shape index (κ3) is 3.86. The second kappa shape index (κ2) is 7.06. The van der Waals surface area contributed by atoms with Gasteiger partial charge in [-0.25, -0.2) is 4.79 Å². The number of benzene rings is 3. The standard InChI is InChI=1S/C19H15ClN2O2/c20-17-12-16(23)10-11-18(17)22-19(24)21-15-8-6-14(7-9-15)13-4-2-1-3-5-13/h1-12,23H,(H2,21,22,24). The zero-order chi connectivity index (χ0) is 16.9. The zero-order valence-corrected chi connectivity index (χ0v) is 13.4. The van der Waals surface area contributed by atoms with E-state index in [1.54, 1.807) is 0 Å². The molecule has 0 spiro atoms. The first-order valence-corrected chi connectivity index (χ1v) is 7.71. The lowest BCUT2D eigenvalue weighted by Gasteiger charge is -2.10. The topological polar surface area (TPSA) is 61.4 Å². The summed E-state index contributed by atoms with van der Waals surface area (Å²) in [7, 11) is 0. The normalized spacial score (nSPS) is 10.2. The molecule has 5 heteroatoms. The Kier molecular flexibility index (Phi) is 4.68. The van der Waals surface area contributed by atoms with Crippen LogP contribution in [0.5, 0.6) is 5.75 Å². The summed E-state index contributed by atoms with van der Waals surface area (Å²) < 4.78 is 0. The summed E-state index contributed by atoms with van der Waals surface area (Å²) in [6, 6.07) is 21.5. The van der Waals surface area contributed by atoms with E-state index in [-0.39, 0.29) is 10.8 Å². The molecule has 0 aliphatic carbocycles. The molecule has 4 nitrogen and oxygen atoms in total. The third-order valence-corrected chi connectivity index (χ3v) is 3.76. The molecule has 0 unspecified atom stereocenters. The maximum absolute atomic E-state index is 12.0. The summed E-state index contributed by atoms with van der Waals surface area (Å²) in [5.41, 5.74) is 3.28. The number of hydrogen-bond acceptors (Lipinski definition) is 2. The van der Waals surface area contributed by atoms with Crippen LogP contribution in [0.1, 0.15) is 0 Å². The molecule has 0 saturated heterocycles. The number of amides is 2. The van der Waals surface area contributed by atoms with Crippen LogP contribution in [0.25, 0.3) is 11.1 Å². The van der Waals surface area contributed by atoms with E-state index in [9.17, 15) is 9.90 Å². The van der Waals surface area contributed by atoms with E-state index < -0.39 is 6.03 Å². The van der Waals surface area contributed by atoms with Crippen molar-refractivity contribution in [1.82, 2.24) is 0 Å². The lowest BCUT2D eigenvalue weighted by molar-refractivity contribution is 0.262. The van der Waals surface area contributed by atoms with Crippen molar-refractivity contribution in [2.75, 3.05) is 10.6 Å². The van der Waals surface area contributed by atoms with Gasteiger partial charge in [0.25, 0.3) is 0 Å². The molecule has 0 fully saturated rings. The average molecular weight is 339 g/mol. The van der Waals surface area contributed by atoms with Crippen molar-refractivity contribution in [3.63, 3.8) is 0 Å². The molecule has 0 aliphatic heterocycles. The quantitative estimate of drug-likeness (QED) is 0.563. The number of anilines is 2. The Balaban J connectivity index is 1.66. The minimum atomic E-state index is -0.407. The van der Waals surface area contributed by atoms with Gasteiger partial charge in [-0.2, -0.15) is 0 Å². The Morgan fingerprint density at radius 1 is 0.833 bits per heavy atom. The van der Waals surface area contributed by atoms with Crippen LogP contribution in [0.3, 0.4) is 0 Å². The van der Waals surface area contributed by atoms with Crippen molar-refractivity contribution >= 4 is 29.0 Å². The first kappa shape index (κ1) is 15.9. The van der Waals surface area contributed by atoms with Crippen LogP contribution in [0.2, 0.25) is 5.02 Å². The van der Waals surface area contributed by atoms with Crippen molar-refractivity contribution in [3.8, 4) is 16.9 Å². The van der Waals surface area contributed by atoms with Crippen LogP contribution < -0.4 is 10.6 Å². The highest BCUT2D eigenvalue weighted by Crippen LogP contribution is 2.26. The molecule has 120 valence electrons. The summed E-state index contributed by atoms with van der Waals surface area (Å²) in [6.45, 7) is 0. The van der Waals surface area contributed by atoms with Crippen LogP contribution in [0.15, 0.2) is 72.8 Å². The fraction of sp³-hybridized carbons (Fsp3) is 0. The molecular formula is C19H15ClN2O2. The first-order chi connectivity index (χ1) is 11.6. The Hall–Kier alpha value is -2.98. The monoisotopic (exact) mass is 338 g/mol. The molecule has 3 aromatic rings. The molecule has 0 radical (unpaired) electrons. The van der Waals surface area contributed by atoms with Gasteiger partial charge in [0.15, 0.2) is 0 Å². The van der Waals surface area contributed by atoms with Crippen molar-refractivity contribution in [2.45, 2.75) is 0 Å². The number of urea groups is 1. The van der Waals surface area contributed by atoms with Crippen LogP contribution in [0, 0.1) is 0 Å². The lowest BCUT2D eigenvalue weighted by atomic mass is 10.1. The molecule has 3 rings (SSSR count). The Bertz CT molecular complexity index is 849. The number of hydrogen-bond donors (Lipinski definition) is 3. The first-order valence-electron chi connectivity index (χ1n) is 7.34. The SMILES string of the molecule is O=C(Nc1ccc(-c2ccccc2)cc1)Nc1ccc(O)cc1Cl. The molecule has 3 aromatic carbocycles. The largest absolute Gasteiger partial charge is 0.508 e. The molecule has 0 atom stereocenters. The number of phenolic OH excluding ortho intramolecular Hbond substituents is 1. The van der Waals surface area contributed by atoms with Crippen molar-refractivity contribution in [1.29, 1.82) is 0 Å². The van der Waals surface area contributed by atoms with E-state index in [4.69, 9.17) is 11.6 Å². The predicted octanol–water partition coefficient (Wildman–Crippen LogP) is 5.36. The van der Waals surface area contributed by atoms with Gasteiger partial charge in [0.1, 0.15) is 5.75 Å². The minimum absolute atomic E-state index is 0.0439. The van der Waals surface area contributed by atoms with E-state index in [1.165, 1.54) is 18.2 Å². The second-order valence-corrected chi connectivity index (χ2v) is 5.59. The van der Waals surface area contributed by atoms with Crippen LogP contribution >= 0.6 is 11.6 Å². The fourth-order valence-electron chi connectivity index (χ4n) is 2.27. The summed E-state index contributed by atoms with van der Waals surface area (Å²) in [6.07, 6.45) is 0. The van der Waals surface area contributed by atoms with Gasteiger partial charge in [0.05, 0.1) is 10.7 Å². The average Bonchev–Trinajstić information content (AvgIpc) is 2.59. The molecule has 0 aromatic heterocycles. The van der Waals surface area contributed by atoms with E-state index in [2.05, 4.69) is 10.6 Å². The number of nitrogens with one attached hydrogen (secondary N) is 2. The van der Waals surface area contributed by atoms with Crippen molar-refractivity contribution < 1.29 is 9.90 Å². The highest BCUT2D eigenvalue weighted by atomic mass is 35.5. The van der Waals surface area contributed by atoms with Gasteiger partial charge in [0, 0.05) is 11.8 Å². The van der Waals surface area contributed by atoms with Gasteiger partial charge in [0.2, 0.25) is 0 Å². The maximum Gasteiger partial charge on any atom is 0.323 e. The summed E-state index contributed by atoms with van der Waals surface area (Å²) in [5, 5.41) is 15.0. The van der Waals surface area contributed by atoms with E-state index in [0.29, 0.717) is 11.4 Å². The zero-order valence-electron chi connectivity index (χ0n) is 12.7. The van der Waals surface area contributed by atoms with Gasteiger partial charge in [-0.05, 0) is 35.4 Å². The van der Waals surface area contributed by atoms with Gasteiger partial charge < -0.3 is 15.7 Å². The molecule has 0 aliphatic rings. The van der Waals surface area contributed by atoms with Crippen LogP contribution in [-0.2, 0) is 0 Å². The summed E-state index contributed by atoms with van der Waals surface area (Å²) >= 11 is 5.96. The van der Waals surface area contributed by atoms with Gasteiger partial charge >= 0.3 is 6.03 Å². The lowest BCUT2D eigenvalue weighted by Crippen LogP contribution is -2.19. The third-order valence-electron chi connectivity index (χ3n) is 3.45. The fourth-order valence-corrected chi connectivity index (χ4v) is 2.49. The smallest absolute Gasteiger partial charge is 0.323 e. The molecule has 2 amide bonds. The Labute approximate surface area is 144 Å². The van der Waals surface area contributed by atoms with Gasteiger partial charge in [-0.1, -0.05) is 54.1 Å². The predicted molar refractivity (Wildman–Crippen MR) is 97.6 cm³/mol. The minimum Gasteiger partial charge on any atom is -0.508 e. The highest BCUT2D eigenvalue weighted by molar-refractivity contribution is 6.34. The van der Waals surface area contributed by atoms with Gasteiger partial charge in [-0.15, -0.1) is 0 Å². The van der Waals surface area contributed by atoms with Crippen molar-refractivity contribution in [2.24, 2.45) is 0 Å². The number of rotatable bonds is 3. The van der Waals surface area contributed by atoms with Gasteiger partial charge in [-0.3, -0.25) is 0 Å².